The molecule has 0 unspecified atom stereocenters. The minimum atomic E-state index is -3.85. The number of fused-ring (bicyclic) bond motifs is 1. The van der Waals surface area contributed by atoms with Crippen LogP contribution in [0, 0.1) is 0 Å². The van der Waals surface area contributed by atoms with E-state index in [9.17, 15) is 13.2 Å². The van der Waals surface area contributed by atoms with E-state index < -0.39 is 20.5 Å². The molecule has 0 spiro atoms. The van der Waals surface area contributed by atoms with Crippen LogP contribution in [0.3, 0.4) is 0 Å². The molecule has 1 fully saturated rings. The Labute approximate surface area is 168 Å². The molecule has 5 nitrogen and oxygen atoms in total. The van der Waals surface area contributed by atoms with Gasteiger partial charge in [-0.25, -0.2) is 8.42 Å². The fraction of sp³-hybridized carbons (Fsp3) is 0.286. The zero-order valence-electron chi connectivity index (χ0n) is 15.3. The second-order valence-corrected chi connectivity index (χ2v) is 10.0. The molecule has 4 rings (SSSR count). The minimum absolute atomic E-state index is 0.153. The van der Waals surface area contributed by atoms with Gasteiger partial charge in [0.05, 0.1) is 4.90 Å². The molecule has 1 aliphatic heterocycles. The molecule has 146 valence electrons. The highest BCUT2D eigenvalue weighted by atomic mass is 32.2. The van der Waals surface area contributed by atoms with Crippen molar-refractivity contribution in [3.8, 4) is 0 Å². The van der Waals surface area contributed by atoms with Crippen molar-refractivity contribution in [3.05, 3.63) is 65.5 Å². The van der Waals surface area contributed by atoms with Crippen LogP contribution < -0.4 is 5.32 Å². The SMILES string of the molecule is O=C(NCc1csc2ccccc12)C1(S(=O)(=O)c2ccccc2)CCOCC1. The van der Waals surface area contributed by atoms with Crippen LogP contribution >= 0.6 is 11.3 Å². The van der Waals surface area contributed by atoms with E-state index in [1.54, 1.807) is 41.7 Å². The number of carbonyl (C=O) groups excluding carboxylic acids is 1. The normalized spacial score (nSPS) is 16.7. The number of carbonyl (C=O) groups is 1. The highest BCUT2D eigenvalue weighted by molar-refractivity contribution is 7.93. The predicted molar refractivity (Wildman–Crippen MR) is 110 cm³/mol. The largest absolute Gasteiger partial charge is 0.381 e. The smallest absolute Gasteiger partial charge is 0.242 e. The van der Waals surface area contributed by atoms with Crippen LogP contribution in [0.1, 0.15) is 18.4 Å². The third-order valence-electron chi connectivity index (χ3n) is 5.28. The molecule has 7 heteroatoms. The molecular weight excluding hydrogens is 394 g/mol. The van der Waals surface area contributed by atoms with Crippen molar-refractivity contribution in [3.63, 3.8) is 0 Å². The third kappa shape index (κ3) is 3.23. The standard InChI is InChI=1S/C21H21NO4S2/c23-20(22-14-16-15-27-19-9-5-4-8-18(16)19)21(10-12-26-13-11-21)28(24,25)17-6-2-1-3-7-17/h1-9,15H,10-14H2,(H,22,23). The Balaban J connectivity index is 1.63. The minimum Gasteiger partial charge on any atom is -0.381 e. The van der Waals surface area contributed by atoms with E-state index in [1.165, 1.54) is 0 Å². The lowest BCUT2D eigenvalue weighted by Crippen LogP contribution is -2.55. The summed E-state index contributed by atoms with van der Waals surface area (Å²) in [6.07, 6.45) is 0.306. The molecule has 0 radical (unpaired) electrons. The summed E-state index contributed by atoms with van der Waals surface area (Å²) in [4.78, 5) is 13.4. The second kappa shape index (κ2) is 7.66. The first-order valence-corrected chi connectivity index (χ1v) is 11.5. The van der Waals surface area contributed by atoms with Crippen LogP contribution in [0.2, 0.25) is 0 Å². The summed E-state index contributed by atoms with van der Waals surface area (Å²) in [5.74, 6) is -0.449. The monoisotopic (exact) mass is 415 g/mol. The fourth-order valence-corrected chi connectivity index (χ4v) is 6.60. The zero-order valence-corrected chi connectivity index (χ0v) is 16.9. The average Bonchev–Trinajstić information content (AvgIpc) is 3.16. The molecular formula is C21H21NO4S2. The summed E-state index contributed by atoms with van der Waals surface area (Å²) >= 11 is 1.61. The van der Waals surface area contributed by atoms with Crippen molar-refractivity contribution in [1.29, 1.82) is 0 Å². The lowest BCUT2D eigenvalue weighted by atomic mass is 9.98. The Hall–Kier alpha value is -2.22. The number of sulfone groups is 1. The van der Waals surface area contributed by atoms with Crippen molar-refractivity contribution in [2.75, 3.05) is 13.2 Å². The van der Waals surface area contributed by atoms with Crippen LogP contribution in [0.15, 0.2) is 64.9 Å². The van der Waals surface area contributed by atoms with E-state index in [0.29, 0.717) is 6.54 Å². The molecule has 1 amide bonds. The van der Waals surface area contributed by atoms with E-state index in [4.69, 9.17) is 4.74 Å². The molecule has 1 N–H and O–H groups in total. The molecule has 1 saturated heterocycles. The highest BCUT2D eigenvalue weighted by Crippen LogP contribution is 2.35. The lowest BCUT2D eigenvalue weighted by molar-refractivity contribution is -0.126. The van der Waals surface area contributed by atoms with Gasteiger partial charge in [0.25, 0.3) is 0 Å². The second-order valence-electron chi connectivity index (χ2n) is 6.86. The van der Waals surface area contributed by atoms with Gasteiger partial charge in [-0.1, -0.05) is 36.4 Å². The molecule has 0 bridgehead atoms. The van der Waals surface area contributed by atoms with Crippen LogP contribution in [0.5, 0.6) is 0 Å². The molecule has 1 aliphatic rings. The first kappa shape index (κ1) is 19.1. The number of benzene rings is 2. The van der Waals surface area contributed by atoms with Gasteiger partial charge < -0.3 is 10.1 Å². The molecule has 1 aromatic heterocycles. The van der Waals surface area contributed by atoms with E-state index in [2.05, 4.69) is 5.32 Å². The highest BCUT2D eigenvalue weighted by Gasteiger charge is 2.52. The van der Waals surface area contributed by atoms with Crippen LogP contribution in [-0.4, -0.2) is 32.3 Å². The summed E-state index contributed by atoms with van der Waals surface area (Å²) in [6.45, 7) is 0.803. The van der Waals surface area contributed by atoms with E-state index in [1.807, 2.05) is 29.6 Å². The Morgan fingerprint density at radius 2 is 1.71 bits per heavy atom. The fourth-order valence-electron chi connectivity index (χ4n) is 3.65. The van der Waals surface area contributed by atoms with Gasteiger partial charge >= 0.3 is 0 Å². The van der Waals surface area contributed by atoms with Crippen LogP contribution in [-0.2, 0) is 25.9 Å². The van der Waals surface area contributed by atoms with E-state index in [-0.39, 0.29) is 31.0 Å². The molecule has 0 atom stereocenters. The van der Waals surface area contributed by atoms with Crippen LogP contribution in [0.25, 0.3) is 10.1 Å². The lowest BCUT2D eigenvalue weighted by Gasteiger charge is -2.35. The van der Waals surface area contributed by atoms with Crippen molar-refractivity contribution in [1.82, 2.24) is 5.32 Å². The summed E-state index contributed by atoms with van der Waals surface area (Å²) < 4.78 is 31.8. The maximum atomic E-state index is 13.4. The van der Waals surface area contributed by atoms with Crippen molar-refractivity contribution < 1.29 is 17.9 Å². The maximum Gasteiger partial charge on any atom is 0.242 e. The molecule has 28 heavy (non-hydrogen) atoms. The Morgan fingerprint density at radius 1 is 1.04 bits per heavy atom. The summed E-state index contributed by atoms with van der Waals surface area (Å²) in [5, 5.41) is 5.99. The molecule has 0 aliphatic carbocycles. The van der Waals surface area contributed by atoms with Gasteiger partial charge in [0, 0.05) is 24.5 Å². The Kier molecular flexibility index (Phi) is 5.23. The molecule has 0 saturated carbocycles. The Morgan fingerprint density at radius 3 is 2.46 bits per heavy atom. The van der Waals surface area contributed by atoms with E-state index >= 15 is 0 Å². The number of hydrogen-bond acceptors (Lipinski definition) is 5. The first-order valence-electron chi connectivity index (χ1n) is 9.15. The molecule has 2 aromatic carbocycles. The summed E-state index contributed by atoms with van der Waals surface area (Å²) in [7, 11) is -3.85. The summed E-state index contributed by atoms with van der Waals surface area (Å²) in [5.41, 5.74) is 0.994. The number of nitrogens with one attached hydrogen (secondary N) is 1. The van der Waals surface area contributed by atoms with Gasteiger partial charge in [0.15, 0.2) is 14.6 Å². The number of rotatable bonds is 5. The van der Waals surface area contributed by atoms with Crippen molar-refractivity contribution in [2.45, 2.75) is 29.0 Å². The van der Waals surface area contributed by atoms with Crippen LogP contribution in [0.4, 0.5) is 0 Å². The van der Waals surface area contributed by atoms with Gasteiger partial charge in [0.2, 0.25) is 5.91 Å². The first-order chi connectivity index (χ1) is 13.5. The summed E-state index contributed by atoms with van der Waals surface area (Å²) in [6, 6.07) is 16.2. The number of ether oxygens (including phenoxy) is 1. The maximum absolute atomic E-state index is 13.4. The quantitative estimate of drug-likeness (QED) is 0.692. The van der Waals surface area contributed by atoms with Gasteiger partial charge in [-0.15, -0.1) is 11.3 Å². The number of amides is 1. The Bertz CT molecular complexity index is 1080. The van der Waals surface area contributed by atoms with Gasteiger partial charge in [-0.3, -0.25) is 4.79 Å². The number of hydrogen-bond donors (Lipinski definition) is 1. The van der Waals surface area contributed by atoms with Crippen molar-refractivity contribution >= 4 is 37.2 Å². The predicted octanol–water partition coefficient (Wildman–Crippen LogP) is 3.54. The topological polar surface area (TPSA) is 72.5 Å². The van der Waals surface area contributed by atoms with Gasteiger partial charge in [-0.2, -0.15) is 0 Å². The average molecular weight is 416 g/mol. The van der Waals surface area contributed by atoms with Gasteiger partial charge in [-0.05, 0) is 47.4 Å². The molecule has 2 heterocycles. The molecule has 3 aromatic rings. The van der Waals surface area contributed by atoms with Gasteiger partial charge in [0.1, 0.15) is 0 Å². The van der Waals surface area contributed by atoms with E-state index in [0.717, 1.165) is 15.6 Å². The number of thiophene rings is 1. The van der Waals surface area contributed by atoms with Crippen molar-refractivity contribution in [2.24, 2.45) is 0 Å². The zero-order chi connectivity index (χ0) is 19.6. The third-order valence-corrected chi connectivity index (χ3v) is 8.81.